The molecule has 0 amide bonds. The van der Waals surface area contributed by atoms with Gasteiger partial charge in [-0.25, -0.2) is 0 Å². The molecule has 3 aromatic heterocycles. The zero-order valence-corrected chi connectivity index (χ0v) is 10.2. The van der Waals surface area contributed by atoms with Crippen LogP contribution < -0.4 is 0 Å². The number of aromatic nitrogens is 4. The van der Waals surface area contributed by atoms with Crippen molar-refractivity contribution >= 4 is 11.3 Å². The van der Waals surface area contributed by atoms with E-state index in [4.69, 9.17) is 4.52 Å². The lowest BCUT2D eigenvalue weighted by molar-refractivity contribution is 0.428. The molecule has 0 bridgehead atoms. The standard InChI is InChI=1S/C11H10N4OS/c1-7-6-8(15(2)13-7)11-12-10(14-16-11)9-4-3-5-17-9/h3-6H,1-2H3. The molecule has 0 radical (unpaired) electrons. The molecule has 3 heterocycles. The van der Waals surface area contributed by atoms with Crippen molar-refractivity contribution in [2.24, 2.45) is 7.05 Å². The van der Waals surface area contributed by atoms with Gasteiger partial charge in [-0.15, -0.1) is 11.3 Å². The van der Waals surface area contributed by atoms with Gasteiger partial charge in [-0.3, -0.25) is 4.68 Å². The summed E-state index contributed by atoms with van der Waals surface area (Å²) in [7, 11) is 1.86. The van der Waals surface area contributed by atoms with Crippen LogP contribution in [0.3, 0.4) is 0 Å². The lowest BCUT2D eigenvalue weighted by Gasteiger charge is -1.92. The van der Waals surface area contributed by atoms with Gasteiger partial charge in [0.1, 0.15) is 5.69 Å². The molecule has 86 valence electrons. The smallest absolute Gasteiger partial charge is 0.276 e. The minimum Gasteiger partial charge on any atom is -0.332 e. The Morgan fingerprint density at radius 1 is 1.41 bits per heavy atom. The predicted molar refractivity (Wildman–Crippen MR) is 64.6 cm³/mol. The maximum atomic E-state index is 5.25. The molecule has 0 aliphatic carbocycles. The van der Waals surface area contributed by atoms with Gasteiger partial charge in [0.15, 0.2) is 0 Å². The van der Waals surface area contributed by atoms with Gasteiger partial charge in [0, 0.05) is 7.05 Å². The number of hydrogen-bond acceptors (Lipinski definition) is 5. The third kappa shape index (κ3) is 1.76. The summed E-state index contributed by atoms with van der Waals surface area (Å²) in [6, 6.07) is 5.85. The van der Waals surface area contributed by atoms with Crippen LogP contribution in [0, 0.1) is 6.92 Å². The van der Waals surface area contributed by atoms with Gasteiger partial charge < -0.3 is 4.52 Å². The number of rotatable bonds is 2. The highest BCUT2D eigenvalue weighted by Gasteiger charge is 2.14. The summed E-state index contributed by atoms with van der Waals surface area (Å²) in [5.74, 6) is 1.12. The lowest BCUT2D eigenvalue weighted by Crippen LogP contribution is -1.93. The second-order valence-corrected chi connectivity index (χ2v) is 4.64. The van der Waals surface area contributed by atoms with E-state index in [9.17, 15) is 0 Å². The van der Waals surface area contributed by atoms with Gasteiger partial charge in [-0.05, 0) is 24.4 Å². The van der Waals surface area contributed by atoms with Crippen molar-refractivity contribution < 1.29 is 4.52 Å². The van der Waals surface area contributed by atoms with Crippen LogP contribution in [0.25, 0.3) is 22.3 Å². The summed E-state index contributed by atoms with van der Waals surface area (Å²) in [6.45, 7) is 1.93. The van der Waals surface area contributed by atoms with Gasteiger partial charge in [-0.2, -0.15) is 10.1 Å². The Morgan fingerprint density at radius 3 is 2.94 bits per heavy atom. The Morgan fingerprint density at radius 2 is 2.29 bits per heavy atom. The van der Waals surface area contributed by atoms with Gasteiger partial charge in [0.05, 0.1) is 10.6 Å². The fourth-order valence-electron chi connectivity index (χ4n) is 1.64. The third-order valence-electron chi connectivity index (χ3n) is 2.39. The van der Waals surface area contributed by atoms with E-state index in [1.165, 1.54) is 0 Å². The normalized spacial score (nSPS) is 10.9. The molecule has 0 fully saturated rings. The van der Waals surface area contributed by atoms with E-state index in [1.54, 1.807) is 16.0 Å². The molecule has 3 aromatic rings. The van der Waals surface area contributed by atoms with Crippen LogP contribution in [-0.4, -0.2) is 19.9 Å². The van der Waals surface area contributed by atoms with Crippen LogP contribution in [0.5, 0.6) is 0 Å². The van der Waals surface area contributed by atoms with Crippen molar-refractivity contribution in [1.82, 2.24) is 19.9 Å². The minimum atomic E-state index is 0.497. The molecule has 0 saturated heterocycles. The van der Waals surface area contributed by atoms with E-state index in [2.05, 4.69) is 15.2 Å². The van der Waals surface area contributed by atoms with Crippen LogP contribution in [0.2, 0.25) is 0 Å². The topological polar surface area (TPSA) is 56.7 Å². The quantitative estimate of drug-likeness (QED) is 0.697. The molecular weight excluding hydrogens is 236 g/mol. The molecule has 0 N–H and O–H groups in total. The highest BCUT2D eigenvalue weighted by molar-refractivity contribution is 7.13. The van der Waals surface area contributed by atoms with Crippen molar-refractivity contribution in [3.8, 4) is 22.3 Å². The molecule has 0 spiro atoms. The number of thiophene rings is 1. The van der Waals surface area contributed by atoms with E-state index in [0.717, 1.165) is 16.3 Å². The molecule has 6 heteroatoms. The number of aryl methyl sites for hydroxylation is 2. The van der Waals surface area contributed by atoms with Crippen molar-refractivity contribution in [2.45, 2.75) is 6.92 Å². The lowest BCUT2D eigenvalue weighted by atomic mass is 10.3. The second kappa shape index (κ2) is 3.81. The first-order valence-corrected chi connectivity index (χ1v) is 6.00. The zero-order chi connectivity index (χ0) is 11.8. The van der Waals surface area contributed by atoms with Crippen molar-refractivity contribution in [3.05, 3.63) is 29.3 Å². The van der Waals surface area contributed by atoms with E-state index in [0.29, 0.717) is 11.7 Å². The number of nitrogens with zero attached hydrogens (tertiary/aromatic N) is 4. The van der Waals surface area contributed by atoms with Crippen molar-refractivity contribution in [1.29, 1.82) is 0 Å². The maximum absolute atomic E-state index is 5.25. The van der Waals surface area contributed by atoms with E-state index in [-0.39, 0.29) is 0 Å². The average Bonchev–Trinajstić information content (AvgIpc) is 2.97. The first kappa shape index (κ1) is 10.2. The highest BCUT2D eigenvalue weighted by Crippen LogP contribution is 2.25. The van der Waals surface area contributed by atoms with Gasteiger partial charge in [0.2, 0.25) is 5.82 Å². The van der Waals surface area contributed by atoms with Gasteiger partial charge >= 0.3 is 0 Å². The first-order chi connectivity index (χ1) is 8.24. The predicted octanol–water partition coefficient (Wildman–Crippen LogP) is 2.51. The van der Waals surface area contributed by atoms with E-state index < -0.39 is 0 Å². The summed E-state index contributed by atoms with van der Waals surface area (Å²) in [4.78, 5) is 5.37. The van der Waals surface area contributed by atoms with Gasteiger partial charge in [0.25, 0.3) is 5.89 Å². The molecule has 17 heavy (non-hydrogen) atoms. The Hall–Kier alpha value is -1.95. The molecule has 0 atom stereocenters. The first-order valence-electron chi connectivity index (χ1n) is 5.12. The SMILES string of the molecule is Cc1cc(-c2nc(-c3cccs3)no2)n(C)n1. The Bertz CT molecular complexity index is 638. The van der Waals surface area contributed by atoms with Gasteiger partial charge in [-0.1, -0.05) is 11.2 Å². The zero-order valence-electron chi connectivity index (χ0n) is 9.41. The molecule has 0 aliphatic rings. The molecule has 5 nitrogen and oxygen atoms in total. The Labute approximate surface area is 102 Å². The molecule has 0 saturated carbocycles. The van der Waals surface area contributed by atoms with E-state index in [1.807, 2.05) is 37.6 Å². The monoisotopic (exact) mass is 246 g/mol. The van der Waals surface area contributed by atoms with Crippen LogP contribution in [0.4, 0.5) is 0 Å². The van der Waals surface area contributed by atoms with Crippen LogP contribution in [-0.2, 0) is 7.05 Å². The molecule has 3 rings (SSSR count). The third-order valence-corrected chi connectivity index (χ3v) is 3.25. The maximum Gasteiger partial charge on any atom is 0.276 e. The summed E-state index contributed by atoms with van der Waals surface area (Å²) >= 11 is 1.59. The average molecular weight is 246 g/mol. The fourth-order valence-corrected chi connectivity index (χ4v) is 2.29. The minimum absolute atomic E-state index is 0.497. The van der Waals surface area contributed by atoms with Crippen LogP contribution in [0.1, 0.15) is 5.69 Å². The summed E-state index contributed by atoms with van der Waals surface area (Å²) in [6.07, 6.45) is 0. The fraction of sp³-hybridized carbons (Fsp3) is 0.182. The molecule has 0 aromatic carbocycles. The number of hydrogen-bond donors (Lipinski definition) is 0. The van der Waals surface area contributed by atoms with E-state index >= 15 is 0 Å². The molecule has 0 unspecified atom stereocenters. The Balaban J connectivity index is 2.03. The summed E-state index contributed by atoms with van der Waals surface area (Å²) < 4.78 is 6.99. The van der Waals surface area contributed by atoms with Crippen LogP contribution in [0.15, 0.2) is 28.1 Å². The van der Waals surface area contributed by atoms with Crippen molar-refractivity contribution in [3.63, 3.8) is 0 Å². The molecule has 0 aliphatic heterocycles. The summed E-state index contributed by atoms with van der Waals surface area (Å²) in [5, 5.41) is 10.2. The highest BCUT2D eigenvalue weighted by atomic mass is 32.1. The van der Waals surface area contributed by atoms with Crippen LogP contribution >= 0.6 is 11.3 Å². The largest absolute Gasteiger partial charge is 0.332 e. The Kier molecular flexibility index (Phi) is 2.29. The molecular formula is C11H10N4OS. The second-order valence-electron chi connectivity index (χ2n) is 3.70. The summed E-state index contributed by atoms with van der Waals surface area (Å²) in [5.41, 5.74) is 1.76. The van der Waals surface area contributed by atoms with Crippen molar-refractivity contribution in [2.75, 3.05) is 0 Å².